The molecule has 0 amide bonds. The van der Waals surface area contributed by atoms with Gasteiger partial charge >= 0.3 is 0 Å². The van der Waals surface area contributed by atoms with E-state index < -0.39 is 6.10 Å². The van der Waals surface area contributed by atoms with Gasteiger partial charge in [-0.25, -0.2) is 0 Å². The van der Waals surface area contributed by atoms with E-state index in [1.165, 1.54) is 5.56 Å². The molecule has 2 aromatic carbocycles. The van der Waals surface area contributed by atoms with Crippen LogP contribution in [0, 0.1) is 0 Å². The van der Waals surface area contributed by atoms with Crippen molar-refractivity contribution >= 4 is 0 Å². The number of aliphatic hydroxyl groups is 1. The molecule has 1 unspecified atom stereocenters. The van der Waals surface area contributed by atoms with Gasteiger partial charge in [-0.15, -0.1) is 0 Å². The minimum atomic E-state index is -0.423. The summed E-state index contributed by atoms with van der Waals surface area (Å²) in [4.78, 5) is 0. The smallest absolute Gasteiger partial charge is 0.0830 e. The first-order valence-corrected chi connectivity index (χ1v) is 6.48. The molecule has 0 saturated carbocycles. The minimum absolute atomic E-state index is 0.423. The van der Waals surface area contributed by atoms with E-state index in [1.54, 1.807) is 0 Å². The van der Waals surface area contributed by atoms with Crippen molar-refractivity contribution in [2.24, 2.45) is 0 Å². The molecule has 0 radical (unpaired) electrons. The molecule has 0 aliphatic rings. The van der Waals surface area contributed by atoms with Crippen LogP contribution in [0.15, 0.2) is 54.6 Å². The summed E-state index contributed by atoms with van der Waals surface area (Å²) in [5, 5.41) is 10.2. The number of rotatable bonds is 4. The van der Waals surface area contributed by atoms with Gasteiger partial charge in [-0.2, -0.15) is 0 Å². The van der Waals surface area contributed by atoms with Gasteiger partial charge < -0.3 is 5.11 Å². The van der Waals surface area contributed by atoms with Crippen LogP contribution in [0.1, 0.15) is 42.6 Å². The molecule has 0 heterocycles. The molecule has 0 saturated heterocycles. The van der Waals surface area contributed by atoms with Crippen LogP contribution in [0.25, 0.3) is 0 Å². The maximum Gasteiger partial charge on any atom is 0.0830 e. The van der Waals surface area contributed by atoms with E-state index in [-0.39, 0.29) is 0 Å². The minimum Gasteiger partial charge on any atom is -0.388 e. The number of hydrogen-bond donors (Lipinski definition) is 1. The maximum atomic E-state index is 10.2. The van der Waals surface area contributed by atoms with Crippen LogP contribution in [0.5, 0.6) is 0 Å². The molecule has 0 bridgehead atoms. The number of aliphatic hydroxyl groups excluding tert-OH is 1. The molecule has 2 aromatic rings. The second kappa shape index (κ2) is 5.83. The van der Waals surface area contributed by atoms with Gasteiger partial charge in [-0.3, -0.25) is 0 Å². The van der Waals surface area contributed by atoms with Crippen molar-refractivity contribution in [1.29, 1.82) is 0 Å². The Balaban J connectivity index is 2.07. The molecule has 0 aromatic heterocycles. The lowest BCUT2D eigenvalue weighted by atomic mass is 9.97. The molecule has 1 heteroatoms. The Labute approximate surface area is 109 Å². The molecular weight excluding hydrogens is 220 g/mol. The Hall–Kier alpha value is -1.60. The molecule has 0 aliphatic heterocycles. The van der Waals surface area contributed by atoms with Crippen molar-refractivity contribution < 1.29 is 5.11 Å². The van der Waals surface area contributed by atoms with Gasteiger partial charge in [0.1, 0.15) is 0 Å². The van der Waals surface area contributed by atoms with Crippen LogP contribution < -0.4 is 0 Å². The summed E-state index contributed by atoms with van der Waals surface area (Å²) >= 11 is 0. The van der Waals surface area contributed by atoms with Gasteiger partial charge in [-0.1, -0.05) is 68.4 Å². The van der Waals surface area contributed by atoms with Gasteiger partial charge in [0, 0.05) is 6.42 Å². The van der Waals surface area contributed by atoms with E-state index in [0.717, 1.165) is 11.1 Å². The van der Waals surface area contributed by atoms with Crippen molar-refractivity contribution in [1.82, 2.24) is 0 Å². The van der Waals surface area contributed by atoms with Crippen LogP contribution in [0.3, 0.4) is 0 Å². The first kappa shape index (κ1) is 12.8. The van der Waals surface area contributed by atoms with E-state index in [4.69, 9.17) is 0 Å². The van der Waals surface area contributed by atoms with Crippen molar-refractivity contribution in [3.8, 4) is 0 Å². The molecule has 18 heavy (non-hydrogen) atoms. The normalized spacial score (nSPS) is 12.7. The molecule has 0 aliphatic carbocycles. The van der Waals surface area contributed by atoms with E-state index >= 15 is 0 Å². The Morgan fingerprint density at radius 1 is 0.833 bits per heavy atom. The molecule has 0 spiro atoms. The van der Waals surface area contributed by atoms with Crippen LogP contribution in [0.4, 0.5) is 0 Å². The van der Waals surface area contributed by atoms with Crippen molar-refractivity contribution in [2.45, 2.75) is 32.3 Å². The van der Waals surface area contributed by atoms with Gasteiger partial charge in [0.05, 0.1) is 6.10 Å². The molecule has 1 nitrogen and oxygen atoms in total. The largest absolute Gasteiger partial charge is 0.388 e. The summed E-state index contributed by atoms with van der Waals surface area (Å²) in [6, 6.07) is 18.4. The molecule has 2 rings (SSSR count). The number of benzene rings is 2. The Bertz CT molecular complexity index is 471. The van der Waals surface area contributed by atoms with Crippen LogP contribution in [-0.4, -0.2) is 5.11 Å². The van der Waals surface area contributed by atoms with Gasteiger partial charge in [0.2, 0.25) is 0 Å². The first-order valence-electron chi connectivity index (χ1n) is 6.48. The highest BCUT2D eigenvalue weighted by atomic mass is 16.3. The van der Waals surface area contributed by atoms with Crippen LogP contribution >= 0.6 is 0 Å². The van der Waals surface area contributed by atoms with Crippen molar-refractivity contribution in [3.63, 3.8) is 0 Å². The summed E-state index contributed by atoms with van der Waals surface area (Å²) in [5.41, 5.74) is 3.46. The zero-order valence-corrected chi connectivity index (χ0v) is 11.0. The summed E-state index contributed by atoms with van der Waals surface area (Å²) in [5.74, 6) is 0.533. The van der Waals surface area contributed by atoms with Crippen molar-refractivity contribution in [2.75, 3.05) is 0 Å². The summed E-state index contributed by atoms with van der Waals surface area (Å²) in [6.07, 6.45) is 0.246. The van der Waals surface area contributed by atoms with Gasteiger partial charge in [0.15, 0.2) is 0 Å². The average Bonchev–Trinajstić information content (AvgIpc) is 2.40. The van der Waals surface area contributed by atoms with E-state index in [0.29, 0.717) is 12.3 Å². The topological polar surface area (TPSA) is 20.2 Å². The summed E-state index contributed by atoms with van der Waals surface area (Å²) in [7, 11) is 0. The highest BCUT2D eigenvalue weighted by molar-refractivity contribution is 5.27. The van der Waals surface area contributed by atoms with Crippen LogP contribution in [-0.2, 0) is 6.42 Å². The highest BCUT2D eigenvalue weighted by Gasteiger charge is 2.08. The lowest BCUT2D eigenvalue weighted by molar-refractivity contribution is 0.178. The third-order valence-corrected chi connectivity index (χ3v) is 3.26. The van der Waals surface area contributed by atoms with Gasteiger partial charge in [0.25, 0.3) is 0 Å². The first-order chi connectivity index (χ1) is 8.66. The summed E-state index contributed by atoms with van der Waals surface area (Å²) in [6.45, 7) is 4.35. The Morgan fingerprint density at radius 2 is 1.39 bits per heavy atom. The monoisotopic (exact) mass is 240 g/mol. The third kappa shape index (κ3) is 3.21. The second-order valence-electron chi connectivity index (χ2n) is 5.03. The van der Waals surface area contributed by atoms with Crippen LogP contribution in [0.2, 0.25) is 0 Å². The lowest BCUT2D eigenvalue weighted by Crippen LogP contribution is -2.02. The average molecular weight is 240 g/mol. The fourth-order valence-electron chi connectivity index (χ4n) is 2.06. The Morgan fingerprint density at radius 3 is 1.94 bits per heavy atom. The van der Waals surface area contributed by atoms with Crippen molar-refractivity contribution in [3.05, 3.63) is 71.3 Å². The zero-order chi connectivity index (χ0) is 13.0. The maximum absolute atomic E-state index is 10.2. The highest BCUT2D eigenvalue weighted by Crippen LogP contribution is 2.21. The number of hydrogen-bond acceptors (Lipinski definition) is 1. The Kier molecular flexibility index (Phi) is 4.16. The summed E-state index contributed by atoms with van der Waals surface area (Å²) < 4.78 is 0. The zero-order valence-electron chi connectivity index (χ0n) is 11.0. The molecule has 1 N–H and O–H groups in total. The van der Waals surface area contributed by atoms with Gasteiger partial charge in [-0.05, 0) is 22.6 Å². The SMILES string of the molecule is CC(C)c1ccc(C(O)Cc2ccccc2)cc1. The van der Waals surface area contributed by atoms with E-state index in [1.807, 2.05) is 42.5 Å². The fourth-order valence-corrected chi connectivity index (χ4v) is 2.06. The molecule has 0 fully saturated rings. The van der Waals surface area contributed by atoms with E-state index in [2.05, 4.69) is 26.0 Å². The quantitative estimate of drug-likeness (QED) is 0.853. The lowest BCUT2D eigenvalue weighted by Gasteiger charge is -2.12. The van der Waals surface area contributed by atoms with E-state index in [9.17, 15) is 5.11 Å². The predicted molar refractivity (Wildman–Crippen MR) is 75.6 cm³/mol. The second-order valence-corrected chi connectivity index (χ2v) is 5.03. The molecule has 94 valence electrons. The standard InChI is InChI=1S/C17H20O/c1-13(2)15-8-10-16(11-9-15)17(18)12-14-6-4-3-5-7-14/h3-11,13,17-18H,12H2,1-2H3. The predicted octanol–water partition coefficient (Wildman–Crippen LogP) is 4.09. The molecular formula is C17H20O. The third-order valence-electron chi connectivity index (χ3n) is 3.26. The fraction of sp³-hybridized carbons (Fsp3) is 0.294. The molecule has 1 atom stereocenters.